The van der Waals surface area contributed by atoms with Crippen molar-refractivity contribution < 1.29 is 30.6 Å². The number of piperidine rings is 2. The van der Waals surface area contributed by atoms with E-state index in [-0.39, 0.29) is 91.8 Å². The summed E-state index contributed by atoms with van der Waals surface area (Å²) < 4.78 is 0. The molecule has 12 nitrogen and oxygen atoms in total. The van der Waals surface area contributed by atoms with Gasteiger partial charge in [-0.1, -0.05) is 147 Å². The van der Waals surface area contributed by atoms with Gasteiger partial charge in [0, 0.05) is 82.7 Å². The van der Waals surface area contributed by atoms with Crippen LogP contribution in [0.1, 0.15) is 176 Å². The Morgan fingerprint density at radius 2 is 1.46 bits per heavy atom. The third kappa shape index (κ3) is 9.81. The van der Waals surface area contributed by atoms with Crippen LogP contribution in [-0.2, 0) is 42.9 Å². The summed E-state index contributed by atoms with van der Waals surface area (Å²) in [4.78, 5) is 13.1. The molecule has 0 radical (unpaired) electrons. The summed E-state index contributed by atoms with van der Waals surface area (Å²) in [5, 5.41) is 83.0. The van der Waals surface area contributed by atoms with E-state index >= 15 is 0 Å². The number of phenolic OH excluding ortho intramolecular Hbond substituents is 5. The maximum Gasteiger partial charge on any atom is 0.169 e. The van der Waals surface area contributed by atoms with E-state index in [0.717, 1.165) is 82.9 Å². The van der Waals surface area contributed by atoms with E-state index in [1.54, 1.807) is 18.2 Å². The molecule has 7 heterocycles. The van der Waals surface area contributed by atoms with E-state index in [1.165, 1.54) is 121 Å². The fraction of sp³-hybridized carbons (Fsp3) is 0.453. The monoisotopic (exact) mass is 1310 g/mol. The van der Waals surface area contributed by atoms with Gasteiger partial charge in [0.25, 0.3) is 0 Å². The van der Waals surface area contributed by atoms with Crippen LogP contribution in [0.25, 0.3) is 22.9 Å². The zero-order chi connectivity index (χ0) is 66.1. The molecule has 11 N–H and O–H groups in total. The molecule has 12 heteroatoms. The molecule has 506 valence electrons. The van der Waals surface area contributed by atoms with Crippen molar-refractivity contribution in [2.45, 2.75) is 182 Å². The van der Waals surface area contributed by atoms with Crippen LogP contribution in [0.4, 0.5) is 0 Å². The lowest BCUT2D eigenvalue weighted by molar-refractivity contribution is -0.230. The summed E-state index contributed by atoms with van der Waals surface area (Å²) in [6.07, 6.45) is 39.6. The van der Waals surface area contributed by atoms with Gasteiger partial charge in [0.05, 0.1) is 17.8 Å². The first-order valence-electron chi connectivity index (χ1n) is 37.4. The Bertz CT molecular complexity index is 4420. The quantitative estimate of drug-likeness (QED) is 0.0395. The molecule has 2 aromatic heterocycles. The van der Waals surface area contributed by atoms with Crippen LogP contribution >= 0.6 is 0 Å². The molecule has 5 aliphatic heterocycles. The van der Waals surface area contributed by atoms with Crippen LogP contribution < -0.4 is 16.0 Å². The average Bonchev–Trinajstić information content (AvgIpc) is 1.26. The Morgan fingerprint density at radius 1 is 0.622 bits per heavy atom. The third-order valence-electron chi connectivity index (χ3n) is 28.3. The molecule has 8 aromatic rings. The van der Waals surface area contributed by atoms with Crippen molar-refractivity contribution in [2.75, 3.05) is 13.1 Å². The number of nitrogens with one attached hydrogen (secondary N) is 5. The number of rotatable bonds is 8. The van der Waals surface area contributed by atoms with Crippen LogP contribution in [0.3, 0.4) is 0 Å². The topological polar surface area (TPSA) is 202 Å². The van der Waals surface area contributed by atoms with Crippen LogP contribution in [0.5, 0.6) is 28.7 Å². The number of aliphatic hydroxyl groups is 1. The van der Waals surface area contributed by atoms with Crippen molar-refractivity contribution in [1.82, 2.24) is 30.9 Å². The Morgan fingerprint density at radius 3 is 2.31 bits per heavy atom. The highest BCUT2D eigenvalue weighted by Crippen LogP contribution is 2.80. The molecular weight excluding hydrogens is 1210 g/mol. The number of aromatic nitrogens is 3. The molecule has 12 bridgehead atoms. The first kappa shape index (κ1) is 62.4. The van der Waals surface area contributed by atoms with Gasteiger partial charge >= 0.3 is 0 Å². The van der Waals surface area contributed by atoms with Gasteiger partial charge in [-0.25, -0.2) is 4.98 Å². The summed E-state index contributed by atoms with van der Waals surface area (Å²) in [7, 11) is 0. The summed E-state index contributed by atoms with van der Waals surface area (Å²) in [6.45, 7) is 1.73. The Kier molecular flexibility index (Phi) is 15.4. The van der Waals surface area contributed by atoms with Crippen molar-refractivity contribution in [3.05, 3.63) is 225 Å². The minimum Gasteiger partial charge on any atom is -0.507 e. The number of nitrogens with zero attached hydrogens (tertiary/aromatic N) is 1. The van der Waals surface area contributed by atoms with Gasteiger partial charge in [0.2, 0.25) is 0 Å². The number of aromatic hydroxyl groups is 5. The van der Waals surface area contributed by atoms with E-state index in [0.29, 0.717) is 58.6 Å². The number of hydrogen-bond donors (Lipinski definition) is 11. The van der Waals surface area contributed by atoms with E-state index in [9.17, 15) is 30.6 Å². The highest BCUT2D eigenvalue weighted by atomic mass is 16.3. The zero-order valence-electron chi connectivity index (χ0n) is 56.4. The molecule has 19 rings (SSSR count). The second-order valence-electron chi connectivity index (χ2n) is 32.4. The molecule has 6 aliphatic carbocycles. The lowest BCUT2D eigenvalue weighted by Gasteiger charge is -2.76. The van der Waals surface area contributed by atoms with Gasteiger partial charge in [0.15, 0.2) is 23.0 Å². The van der Waals surface area contributed by atoms with Crippen molar-refractivity contribution in [2.24, 2.45) is 45.8 Å². The first-order valence-corrected chi connectivity index (χ1v) is 37.4. The van der Waals surface area contributed by atoms with Crippen molar-refractivity contribution in [1.29, 1.82) is 0 Å². The van der Waals surface area contributed by atoms with Crippen molar-refractivity contribution in [3.8, 4) is 28.7 Å². The van der Waals surface area contributed by atoms with Crippen molar-refractivity contribution in [3.63, 3.8) is 0 Å². The predicted octanol–water partition coefficient (Wildman–Crippen LogP) is 15.5. The summed E-state index contributed by atoms with van der Waals surface area (Å²) in [5.41, 5.74) is 13.4. The smallest absolute Gasteiger partial charge is 0.169 e. The largest absolute Gasteiger partial charge is 0.507 e. The lowest BCUT2D eigenvalue weighted by atomic mass is 9.30. The Hall–Kier alpha value is -7.87. The molecule has 6 aromatic carbocycles. The van der Waals surface area contributed by atoms with E-state index in [2.05, 4.69) is 136 Å². The van der Waals surface area contributed by atoms with Crippen LogP contribution in [0.15, 0.2) is 164 Å². The zero-order valence-corrected chi connectivity index (χ0v) is 56.4. The standard InChI is InChI=1S/C86H96N6O6/c93-71-28-20-54(41-74(71)96)19-26-63-64-14-7-15-72(94)77(64)79(98)78(97)65(63)27-18-52-16-21-58(22-17-52)68-45-83-46-69-59(43-66(70(47-83)91-69)57-11-2-1-3-12-57)49-87-38-31-56-42-75(89-48-56)82(32-4-5-33-82)35-30-53-9-6-10-55(39-53)40-61-23-24-62-44-67(83)81(92-68)86(76-50-88-51-90-76)80-73(95)29-25-60-13-8-34-84(60,80)36-37-85(61,62)86/h1-3,6-7,9-12,14-17,19-22,25-26,28-29,39,41-43,48,50-51,60-62,66-70,73,80-81,87,89,91-98H,4-5,8,13,18,23-24,27,30-38,40,44-47,49H2,(H,88,90). The molecule has 0 amide bonds. The first-order chi connectivity index (χ1) is 47.8. The number of benzene rings is 6. The van der Waals surface area contributed by atoms with E-state index in [1.807, 2.05) is 18.5 Å². The predicted molar refractivity (Wildman–Crippen MR) is 386 cm³/mol. The fourth-order valence-electron chi connectivity index (χ4n) is 24.3. The molecule has 98 heavy (non-hydrogen) atoms. The minimum absolute atomic E-state index is 0.00368. The number of aryl methyl sites for hydroxylation is 2. The Labute approximate surface area is 576 Å². The molecule has 15 unspecified atom stereocenters. The van der Waals surface area contributed by atoms with Crippen LogP contribution in [0.2, 0.25) is 0 Å². The molecule has 4 spiro atoms. The summed E-state index contributed by atoms with van der Waals surface area (Å²) >= 11 is 0. The number of imidazole rings is 1. The summed E-state index contributed by atoms with van der Waals surface area (Å²) in [6, 6.07) is 43.2. The van der Waals surface area contributed by atoms with Crippen LogP contribution in [-0.4, -0.2) is 82.9 Å². The number of aliphatic hydroxyl groups excluding tert-OH is 1. The van der Waals surface area contributed by atoms with E-state index in [4.69, 9.17) is 10.3 Å². The number of phenols is 5. The van der Waals surface area contributed by atoms with Crippen molar-refractivity contribution >= 4 is 22.9 Å². The molecule has 2 saturated heterocycles. The van der Waals surface area contributed by atoms with Gasteiger partial charge in [-0.05, 0) is 242 Å². The SMILES string of the molecule is Oc1ccc(C=Cc2c(CCc3ccc(C4CC56CC7NC(C5)C(c5ccccc5)C=C7CNCCc5c[nH]c(c5)C5(CCCC5)CCc5cccc(c5)CC5CCC7CC6C(N4)C4(c6cnc[nH]6)C6C(O)C=CC8CCCC86CCC574)cc3)c(O)c(O)c3c(O)cccc23)cc1O. The molecular formula is C86H96N6O6. The van der Waals surface area contributed by atoms with Gasteiger partial charge in [0.1, 0.15) is 5.75 Å². The third-order valence-corrected chi connectivity index (χ3v) is 28.3. The molecule has 5 saturated carbocycles. The molecule has 7 fully saturated rings. The second-order valence-corrected chi connectivity index (χ2v) is 32.4. The normalized spacial score (nSPS) is 33.8. The number of aromatic amines is 2. The van der Waals surface area contributed by atoms with Gasteiger partial charge < -0.3 is 56.6 Å². The maximum atomic E-state index is 13.7. The number of allylic oxidation sites excluding steroid dienone is 1. The highest BCUT2D eigenvalue weighted by molar-refractivity contribution is 6.03. The van der Waals surface area contributed by atoms with Crippen LogP contribution in [0, 0.1) is 45.8 Å². The molecule has 15 atom stereocenters. The number of hydrogen-bond acceptors (Lipinski definition) is 10. The minimum atomic E-state index is -0.616. The highest BCUT2D eigenvalue weighted by Gasteiger charge is 2.80. The number of H-pyrrole nitrogens is 2. The second kappa shape index (κ2) is 24.2. The molecule has 11 aliphatic rings. The fourth-order valence-corrected chi connectivity index (χ4v) is 24.3. The van der Waals surface area contributed by atoms with Gasteiger partial charge in [-0.2, -0.15) is 0 Å². The average molecular weight is 1310 g/mol. The summed E-state index contributed by atoms with van der Waals surface area (Å²) in [5.74, 6) is 0.499. The number of fused-ring (bicyclic) bond motifs is 6. The Balaban J connectivity index is 0.782. The van der Waals surface area contributed by atoms with Gasteiger partial charge in [-0.15, -0.1) is 0 Å². The van der Waals surface area contributed by atoms with E-state index < -0.39 is 11.5 Å². The maximum absolute atomic E-state index is 13.7. The van der Waals surface area contributed by atoms with Gasteiger partial charge in [-0.3, -0.25) is 0 Å². The lowest BCUT2D eigenvalue weighted by Crippen LogP contribution is -2.79.